The zero-order chi connectivity index (χ0) is 23.3. The summed E-state index contributed by atoms with van der Waals surface area (Å²) in [6.07, 6.45) is 0.855. The molecule has 2 aliphatic heterocycles. The van der Waals surface area contributed by atoms with E-state index in [1.807, 2.05) is 12.1 Å². The summed E-state index contributed by atoms with van der Waals surface area (Å²) in [5, 5.41) is 1.08. The molecule has 0 unspecified atom stereocenters. The fourth-order valence-corrected chi connectivity index (χ4v) is 10.0. The van der Waals surface area contributed by atoms with Crippen LogP contribution in [0.1, 0.15) is 28.3 Å². The zero-order valence-corrected chi connectivity index (χ0v) is 19.9. The molecule has 1 N–H and O–H groups in total. The molecule has 4 aliphatic rings. The third kappa shape index (κ3) is 2.64. The van der Waals surface area contributed by atoms with Crippen molar-refractivity contribution in [3.05, 3.63) is 80.0 Å². The van der Waals surface area contributed by atoms with Crippen molar-refractivity contribution >= 4 is 40.6 Å². The van der Waals surface area contributed by atoms with Gasteiger partial charge in [-0.15, -0.1) is 11.8 Å². The second-order valence-electron chi connectivity index (χ2n) is 9.81. The van der Waals surface area contributed by atoms with Crippen LogP contribution in [0.2, 0.25) is 0 Å². The Morgan fingerprint density at radius 1 is 0.971 bits per heavy atom. The van der Waals surface area contributed by atoms with Gasteiger partial charge in [0.05, 0.1) is 22.5 Å². The first-order valence-electron chi connectivity index (χ1n) is 11.5. The Balaban J connectivity index is 1.34. The molecule has 172 valence electrons. The van der Waals surface area contributed by atoms with E-state index >= 15 is 0 Å². The van der Waals surface area contributed by atoms with Crippen molar-refractivity contribution in [1.82, 2.24) is 4.98 Å². The predicted molar refractivity (Wildman–Crippen MR) is 129 cm³/mol. The van der Waals surface area contributed by atoms with Crippen LogP contribution in [0.25, 0.3) is 0 Å². The average Bonchev–Trinajstić information content (AvgIpc) is 3.54. The minimum Gasteiger partial charge on any atom is -0.307 e. The Bertz CT molecular complexity index is 1410. The van der Waals surface area contributed by atoms with Gasteiger partial charge in [0.15, 0.2) is 0 Å². The van der Waals surface area contributed by atoms with Gasteiger partial charge < -0.3 is 4.98 Å². The molecule has 2 aromatic carbocycles. The fraction of sp³-hybridized carbons (Fsp3) is 0.346. The van der Waals surface area contributed by atoms with Crippen LogP contribution in [0.5, 0.6) is 0 Å². The van der Waals surface area contributed by atoms with E-state index in [0.717, 1.165) is 16.3 Å². The molecule has 2 aliphatic carbocycles. The lowest BCUT2D eigenvalue weighted by Crippen LogP contribution is -2.42. The van der Waals surface area contributed by atoms with Crippen LogP contribution in [0, 0.1) is 42.3 Å². The Morgan fingerprint density at radius 2 is 1.68 bits per heavy atom. The predicted octanol–water partition coefficient (Wildman–Crippen LogP) is 4.56. The van der Waals surface area contributed by atoms with Crippen LogP contribution < -0.4 is 9.77 Å². The highest BCUT2D eigenvalue weighted by atomic mass is 32.2. The molecule has 2 saturated carbocycles. The molecule has 0 radical (unpaired) electrons. The molecular weight excluding hydrogens is 471 g/mol. The molecule has 8 heteroatoms. The van der Waals surface area contributed by atoms with Crippen LogP contribution in [0.15, 0.2) is 58.4 Å². The highest BCUT2D eigenvalue weighted by molar-refractivity contribution is 8.00. The van der Waals surface area contributed by atoms with Gasteiger partial charge in [-0.1, -0.05) is 35.6 Å². The van der Waals surface area contributed by atoms with Crippen molar-refractivity contribution in [2.75, 3.05) is 4.90 Å². The first-order valence-corrected chi connectivity index (χ1v) is 13.2. The Morgan fingerprint density at radius 3 is 2.41 bits per heavy atom. The van der Waals surface area contributed by atoms with Crippen molar-refractivity contribution in [1.29, 1.82) is 0 Å². The minimum atomic E-state index is -0.397. The quantitative estimate of drug-likeness (QED) is 0.533. The SMILES string of the molecule is Cc1ccccc1[C@H]1c2sc(=O)[nH]c2S[C@H]2[C@H]3C[C@@H]([C@@H]4C(=O)N(c5ccc(F)cc5)C(=O)[C@@H]34)[C@H]12. The van der Waals surface area contributed by atoms with Gasteiger partial charge in [0.25, 0.3) is 0 Å². The van der Waals surface area contributed by atoms with Crippen molar-refractivity contribution < 1.29 is 14.0 Å². The van der Waals surface area contributed by atoms with Gasteiger partial charge in [0.2, 0.25) is 11.8 Å². The smallest absolute Gasteiger partial charge is 0.305 e. The molecule has 7 atom stereocenters. The summed E-state index contributed by atoms with van der Waals surface area (Å²) < 4.78 is 13.5. The first-order chi connectivity index (χ1) is 16.4. The molecule has 3 aromatic rings. The third-order valence-corrected chi connectivity index (χ3v) is 10.9. The monoisotopic (exact) mass is 492 g/mol. The number of amides is 2. The molecule has 5 nitrogen and oxygen atoms in total. The molecule has 34 heavy (non-hydrogen) atoms. The number of aryl methyl sites for hydroxylation is 1. The maximum atomic E-state index is 13.7. The molecule has 7 rings (SSSR count). The minimum absolute atomic E-state index is 0.0325. The van der Waals surface area contributed by atoms with Crippen molar-refractivity contribution in [3.8, 4) is 0 Å². The van der Waals surface area contributed by atoms with Crippen LogP contribution in [-0.4, -0.2) is 22.0 Å². The number of thiazole rings is 1. The number of H-pyrrole nitrogens is 1. The lowest BCUT2D eigenvalue weighted by atomic mass is 9.67. The van der Waals surface area contributed by atoms with Gasteiger partial charge in [-0.05, 0) is 66.5 Å². The van der Waals surface area contributed by atoms with Gasteiger partial charge in [0, 0.05) is 16.0 Å². The van der Waals surface area contributed by atoms with Crippen molar-refractivity contribution in [3.63, 3.8) is 0 Å². The maximum absolute atomic E-state index is 13.7. The van der Waals surface area contributed by atoms with Crippen LogP contribution in [0.3, 0.4) is 0 Å². The van der Waals surface area contributed by atoms with E-state index in [4.69, 9.17) is 0 Å². The second kappa shape index (κ2) is 7.15. The maximum Gasteiger partial charge on any atom is 0.305 e. The number of hydrogen-bond acceptors (Lipinski definition) is 5. The Hall–Kier alpha value is -2.71. The number of aromatic amines is 1. The number of thioether (sulfide) groups is 1. The van der Waals surface area contributed by atoms with Gasteiger partial charge in [0.1, 0.15) is 5.82 Å². The zero-order valence-electron chi connectivity index (χ0n) is 18.2. The number of nitrogens with one attached hydrogen (secondary N) is 1. The molecular formula is C26H21FN2O3S2. The topological polar surface area (TPSA) is 70.2 Å². The summed E-state index contributed by atoms with van der Waals surface area (Å²) >= 11 is 2.96. The Labute approximate surface area is 203 Å². The number of nitrogens with zero attached hydrogens (tertiary/aromatic N) is 1. The number of benzene rings is 2. The number of carbonyl (C=O) groups is 2. The van der Waals surface area contributed by atoms with Crippen LogP contribution >= 0.6 is 23.1 Å². The lowest BCUT2D eigenvalue weighted by Gasteiger charge is -2.43. The molecule has 3 heterocycles. The fourth-order valence-electron chi connectivity index (χ4n) is 7.15. The molecule has 1 aromatic heterocycles. The molecule has 0 spiro atoms. The number of fused-ring (bicyclic) bond motifs is 9. The van der Waals surface area contributed by atoms with E-state index in [1.54, 1.807) is 11.8 Å². The number of hydrogen-bond donors (Lipinski definition) is 1. The lowest BCUT2D eigenvalue weighted by molar-refractivity contribution is -0.123. The van der Waals surface area contributed by atoms with E-state index in [0.29, 0.717) is 5.69 Å². The number of aromatic nitrogens is 1. The number of anilines is 1. The highest BCUT2D eigenvalue weighted by Crippen LogP contribution is 2.68. The number of rotatable bonds is 2. The van der Waals surface area contributed by atoms with Crippen LogP contribution in [0.4, 0.5) is 10.1 Å². The largest absolute Gasteiger partial charge is 0.307 e. The van der Waals surface area contributed by atoms with Gasteiger partial charge in [-0.3, -0.25) is 19.3 Å². The van der Waals surface area contributed by atoms with E-state index in [2.05, 4.69) is 24.0 Å². The van der Waals surface area contributed by atoms with Gasteiger partial charge >= 0.3 is 4.87 Å². The third-order valence-electron chi connectivity index (χ3n) is 8.33. The summed E-state index contributed by atoms with van der Waals surface area (Å²) in [6, 6.07) is 13.9. The van der Waals surface area contributed by atoms with Crippen molar-refractivity contribution in [2.45, 2.75) is 29.5 Å². The molecule has 2 amide bonds. The first kappa shape index (κ1) is 20.6. The summed E-state index contributed by atoms with van der Waals surface area (Å²) in [4.78, 5) is 44.9. The van der Waals surface area contributed by atoms with E-state index in [1.165, 1.54) is 51.6 Å². The van der Waals surface area contributed by atoms with Gasteiger partial charge in [-0.25, -0.2) is 4.39 Å². The summed E-state index contributed by atoms with van der Waals surface area (Å²) in [5.41, 5.74) is 2.82. The van der Waals surface area contributed by atoms with Crippen molar-refractivity contribution in [2.24, 2.45) is 29.6 Å². The average molecular weight is 493 g/mol. The van der Waals surface area contributed by atoms with E-state index < -0.39 is 5.82 Å². The molecule has 1 saturated heterocycles. The standard InChI is InChI=1S/C26H21FN2O3S2/c1-11-4-2-3-5-14(11)17-18-15-10-16(21(18)33-23-22(17)34-26(32)28-23)20-19(15)24(30)29(25(20)31)13-8-6-12(27)7-9-13/h2-9,15-21H,10H2,1H3,(H,28,32)/t15-,16+,17-,18-,19+,20+,21+/m1/s1. The summed E-state index contributed by atoms with van der Waals surface area (Å²) in [5.74, 6) is -1.05. The molecule has 3 fully saturated rings. The normalized spacial score (nSPS) is 33.2. The number of halogens is 1. The van der Waals surface area contributed by atoms with Gasteiger partial charge in [-0.2, -0.15) is 0 Å². The number of carbonyl (C=O) groups excluding carboxylic acids is 2. The number of imide groups is 1. The summed E-state index contributed by atoms with van der Waals surface area (Å²) in [7, 11) is 0. The molecule has 2 bridgehead atoms. The highest BCUT2D eigenvalue weighted by Gasteiger charge is 2.69. The van der Waals surface area contributed by atoms with Crippen LogP contribution in [-0.2, 0) is 9.59 Å². The second-order valence-corrected chi connectivity index (χ2v) is 12.0. The Kier molecular flexibility index (Phi) is 4.34. The summed E-state index contributed by atoms with van der Waals surface area (Å²) in [6.45, 7) is 2.09. The van der Waals surface area contributed by atoms with E-state index in [9.17, 15) is 18.8 Å². The van der Waals surface area contributed by atoms with E-state index in [-0.39, 0.29) is 57.4 Å².